The van der Waals surface area contributed by atoms with Crippen molar-refractivity contribution in [1.29, 1.82) is 0 Å². The van der Waals surface area contributed by atoms with Crippen LogP contribution in [0.5, 0.6) is 5.75 Å². The van der Waals surface area contributed by atoms with Crippen LogP contribution in [0, 0.1) is 0 Å². The van der Waals surface area contributed by atoms with E-state index in [0.29, 0.717) is 29.2 Å². The number of alkyl halides is 3. The monoisotopic (exact) mass is 370 g/mol. The number of imidazole rings is 1. The van der Waals surface area contributed by atoms with Gasteiger partial charge >= 0.3 is 12.1 Å². The Balaban J connectivity index is 2.37. The van der Waals surface area contributed by atoms with Crippen LogP contribution in [0.4, 0.5) is 13.2 Å². The van der Waals surface area contributed by atoms with E-state index in [1.165, 1.54) is 7.11 Å². The number of esters is 1. The Morgan fingerprint density at radius 3 is 2.58 bits per heavy atom. The average Bonchev–Trinajstić information content (AvgIpc) is 3.03. The van der Waals surface area contributed by atoms with Gasteiger partial charge in [0.05, 0.1) is 19.4 Å². The molecule has 2 rings (SSSR count). The third kappa shape index (κ3) is 4.77. The maximum Gasteiger partial charge on any atom is 0.389 e. The van der Waals surface area contributed by atoms with Crippen molar-refractivity contribution < 1.29 is 27.4 Å². The molecule has 0 amide bonds. The van der Waals surface area contributed by atoms with E-state index in [1.54, 1.807) is 35.9 Å². The molecule has 0 aliphatic carbocycles. The van der Waals surface area contributed by atoms with Crippen LogP contribution in [0.1, 0.15) is 42.1 Å². The first-order valence-corrected chi connectivity index (χ1v) is 8.28. The van der Waals surface area contributed by atoms with Crippen molar-refractivity contribution in [2.24, 2.45) is 0 Å². The van der Waals surface area contributed by atoms with E-state index >= 15 is 0 Å². The summed E-state index contributed by atoms with van der Waals surface area (Å²) >= 11 is 0. The summed E-state index contributed by atoms with van der Waals surface area (Å²) in [7, 11) is 1.45. The van der Waals surface area contributed by atoms with E-state index in [-0.39, 0.29) is 18.7 Å². The first-order valence-electron chi connectivity index (χ1n) is 8.28. The van der Waals surface area contributed by atoms with Crippen molar-refractivity contribution in [1.82, 2.24) is 9.55 Å². The van der Waals surface area contributed by atoms with Crippen molar-refractivity contribution in [2.45, 2.75) is 39.3 Å². The molecule has 0 aliphatic heterocycles. The smallest absolute Gasteiger partial charge is 0.389 e. The summed E-state index contributed by atoms with van der Waals surface area (Å²) in [4.78, 5) is 16.2. The highest BCUT2D eigenvalue weighted by molar-refractivity contribution is 5.87. The highest BCUT2D eigenvalue weighted by atomic mass is 19.4. The molecule has 0 saturated carbocycles. The summed E-state index contributed by atoms with van der Waals surface area (Å²) in [5, 5.41) is 0. The van der Waals surface area contributed by atoms with Gasteiger partial charge in [0.25, 0.3) is 0 Å². The first kappa shape index (κ1) is 19.8. The highest BCUT2D eigenvalue weighted by Gasteiger charge is 2.26. The van der Waals surface area contributed by atoms with Crippen LogP contribution in [0.3, 0.4) is 0 Å². The van der Waals surface area contributed by atoms with Crippen LogP contribution in [-0.2, 0) is 17.6 Å². The van der Waals surface area contributed by atoms with Crippen LogP contribution >= 0.6 is 0 Å². The van der Waals surface area contributed by atoms with Gasteiger partial charge in [0, 0.05) is 19.0 Å². The van der Waals surface area contributed by atoms with E-state index in [0.717, 1.165) is 0 Å². The fourth-order valence-corrected chi connectivity index (χ4v) is 2.54. The zero-order chi connectivity index (χ0) is 19.3. The number of carbonyl (C=O) groups excluding carboxylic acids is 1. The van der Waals surface area contributed by atoms with Gasteiger partial charge in [-0.1, -0.05) is 13.0 Å². The second kappa shape index (κ2) is 8.25. The minimum Gasteiger partial charge on any atom is -0.495 e. The Morgan fingerprint density at radius 2 is 2.00 bits per heavy atom. The maximum absolute atomic E-state index is 12.4. The molecule has 2 aromatic rings. The van der Waals surface area contributed by atoms with E-state index in [9.17, 15) is 18.0 Å². The van der Waals surface area contributed by atoms with E-state index < -0.39 is 18.6 Å². The normalized spacial score (nSPS) is 11.5. The molecule has 142 valence electrons. The molecule has 1 aromatic heterocycles. The number of hydrogen-bond acceptors (Lipinski definition) is 4. The molecule has 0 bridgehead atoms. The van der Waals surface area contributed by atoms with Gasteiger partial charge in [-0.3, -0.25) is 4.57 Å². The van der Waals surface area contributed by atoms with Gasteiger partial charge in [-0.25, -0.2) is 9.78 Å². The summed E-state index contributed by atoms with van der Waals surface area (Å²) in [5.74, 6) is 0.503. The molecule has 0 spiro atoms. The number of rotatable bonds is 7. The molecular weight excluding hydrogens is 349 g/mol. The van der Waals surface area contributed by atoms with Gasteiger partial charge in [-0.2, -0.15) is 13.2 Å². The average molecular weight is 370 g/mol. The number of nitrogens with zero attached hydrogens (tertiary/aromatic N) is 2. The van der Waals surface area contributed by atoms with Crippen molar-refractivity contribution in [3.8, 4) is 11.4 Å². The van der Waals surface area contributed by atoms with E-state index in [1.807, 2.05) is 6.92 Å². The minimum absolute atomic E-state index is 0.126. The molecule has 26 heavy (non-hydrogen) atoms. The molecule has 0 aliphatic rings. The number of hydrogen-bond donors (Lipinski definition) is 0. The fraction of sp³-hybridized carbons (Fsp3) is 0.444. The second-order valence-electron chi connectivity index (χ2n) is 5.61. The molecule has 1 aromatic carbocycles. The molecule has 0 unspecified atom stereocenters. The summed E-state index contributed by atoms with van der Waals surface area (Å²) in [6.45, 7) is 3.83. The summed E-state index contributed by atoms with van der Waals surface area (Å²) in [6, 6.07) is 4.86. The lowest BCUT2D eigenvalue weighted by Crippen LogP contribution is -2.09. The standard InChI is InChI=1S/C18H21F3N2O3/c1-4-16-22-13(17(24)26-5-2)11-23(16)14-7-6-12(10-15(14)25-3)8-9-18(19,20)21/h6-7,10-11H,4-5,8-9H2,1-3H3. The third-order valence-electron chi connectivity index (χ3n) is 3.78. The number of ether oxygens (including phenoxy) is 2. The third-order valence-corrected chi connectivity index (χ3v) is 3.78. The zero-order valence-electron chi connectivity index (χ0n) is 14.9. The van der Waals surface area contributed by atoms with Crippen molar-refractivity contribution in [3.05, 3.63) is 41.5 Å². The molecule has 1 heterocycles. The first-order chi connectivity index (χ1) is 12.3. The van der Waals surface area contributed by atoms with Crippen molar-refractivity contribution >= 4 is 5.97 Å². The Morgan fingerprint density at radius 1 is 1.27 bits per heavy atom. The van der Waals surface area contributed by atoms with Crippen LogP contribution < -0.4 is 4.74 Å². The molecule has 0 atom stereocenters. The largest absolute Gasteiger partial charge is 0.495 e. The topological polar surface area (TPSA) is 53.4 Å². The molecule has 0 N–H and O–H groups in total. The number of benzene rings is 1. The number of carbonyl (C=O) groups is 1. The summed E-state index contributed by atoms with van der Waals surface area (Å²) < 4.78 is 49.3. The Kier molecular flexibility index (Phi) is 6.28. The van der Waals surface area contributed by atoms with Crippen molar-refractivity contribution in [3.63, 3.8) is 0 Å². The van der Waals surface area contributed by atoms with E-state index in [4.69, 9.17) is 9.47 Å². The molecule has 0 saturated heterocycles. The summed E-state index contributed by atoms with van der Waals surface area (Å²) in [5.41, 5.74) is 1.29. The lowest BCUT2D eigenvalue weighted by molar-refractivity contribution is -0.134. The number of aromatic nitrogens is 2. The Bertz CT molecular complexity index is 770. The number of methoxy groups -OCH3 is 1. The van der Waals surface area contributed by atoms with Gasteiger partial charge in [0.2, 0.25) is 0 Å². The van der Waals surface area contributed by atoms with Gasteiger partial charge in [-0.05, 0) is 31.0 Å². The number of halogens is 3. The quantitative estimate of drug-likeness (QED) is 0.688. The molecule has 0 radical (unpaired) electrons. The van der Waals surface area contributed by atoms with Crippen LogP contribution in [-0.4, -0.2) is 35.4 Å². The summed E-state index contributed by atoms with van der Waals surface area (Å²) in [6.07, 6.45) is -3.13. The fourth-order valence-electron chi connectivity index (χ4n) is 2.54. The minimum atomic E-state index is -4.21. The van der Waals surface area contributed by atoms with Gasteiger partial charge in [0.15, 0.2) is 5.69 Å². The predicted molar refractivity (Wildman–Crippen MR) is 89.8 cm³/mol. The van der Waals surface area contributed by atoms with Gasteiger partial charge in [-0.15, -0.1) is 0 Å². The molecule has 8 heteroatoms. The van der Waals surface area contributed by atoms with Crippen molar-refractivity contribution in [2.75, 3.05) is 13.7 Å². The highest BCUT2D eigenvalue weighted by Crippen LogP contribution is 2.29. The molecular formula is C18H21F3N2O3. The van der Waals surface area contributed by atoms with Crippen LogP contribution in [0.25, 0.3) is 5.69 Å². The second-order valence-corrected chi connectivity index (χ2v) is 5.61. The maximum atomic E-state index is 12.4. The Labute approximate surface area is 149 Å². The van der Waals surface area contributed by atoms with Crippen LogP contribution in [0.2, 0.25) is 0 Å². The lowest BCUT2D eigenvalue weighted by atomic mass is 10.1. The van der Waals surface area contributed by atoms with Gasteiger partial charge < -0.3 is 9.47 Å². The Hall–Kier alpha value is -2.51. The zero-order valence-corrected chi connectivity index (χ0v) is 14.9. The predicted octanol–water partition coefficient (Wildman–Crippen LogP) is 4.11. The van der Waals surface area contributed by atoms with E-state index in [2.05, 4.69) is 4.98 Å². The molecule has 5 nitrogen and oxygen atoms in total. The number of aryl methyl sites for hydroxylation is 2. The van der Waals surface area contributed by atoms with Crippen LogP contribution in [0.15, 0.2) is 24.4 Å². The SMILES string of the molecule is CCOC(=O)c1cn(-c2ccc(CCC(F)(F)F)cc2OC)c(CC)n1. The lowest BCUT2D eigenvalue weighted by Gasteiger charge is -2.14. The van der Waals surface area contributed by atoms with Gasteiger partial charge in [0.1, 0.15) is 11.6 Å². The molecule has 0 fully saturated rings.